The lowest BCUT2D eigenvalue weighted by Gasteiger charge is -2.38. The number of rotatable bonds is 6. The number of thioether (sulfide) groups is 1. The molecule has 0 bridgehead atoms. The van der Waals surface area contributed by atoms with Crippen molar-refractivity contribution in [3.8, 4) is 0 Å². The number of nitrogens with zero attached hydrogens (tertiary/aromatic N) is 4. The van der Waals surface area contributed by atoms with Crippen LogP contribution in [0.5, 0.6) is 0 Å². The zero-order chi connectivity index (χ0) is 17.6. The van der Waals surface area contributed by atoms with Crippen LogP contribution in [0.2, 0.25) is 0 Å². The molecule has 2 aromatic rings. The Balaban J connectivity index is 1.59. The molecule has 134 valence electrons. The molecule has 3 rings (SSSR count). The molecule has 1 aromatic carbocycles. The third kappa shape index (κ3) is 4.95. The van der Waals surface area contributed by atoms with Gasteiger partial charge in [0.05, 0.1) is 12.4 Å². The minimum Gasteiger partial charge on any atom is -0.355 e. The van der Waals surface area contributed by atoms with E-state index in [9.17, 15) is 0 Å². The monoisotopic (exact) mass is 356 g/mol. The molecule has 1 aromatic heterocycles. The summed E-state index contributed by atoms with van der Waals surface area (Å²) in [6, 6.07) is 11.7. The predicted molar refractivity (Wildman–Crippen MR) is 106 cm³/mol. The topological polar surface area (TPSA) is 32.3 Å². The lowest BCUT2D eigenvalue weighted by Crippen LogP contribution is -2.46. The minimum atomic E-state index is 0.554. The molecule has 0 unspecified atom stereocenters. The second kappa shape index (κ2) is 8.68. The largest absolute Gasteiger partial charge is 0.355 e. The Hall–Kier alpha value is -1.59. The standard InChI is InChI=1S/C20H28N4S/c1-16(2)24-11-9-18(10-12-24)23(3)19-13-21-14-20(22-19)25-15-17-7-5-4-6-8-17/h4-8,13-14,16,18H,9-12,15H2,1-3H3. The molecular formula is C20H28N4S. The number of hydrogen-bond donors (Lipinski definition) is 0. The van der Waals surface area contributed by atoms with Gasteiger partial charge in [0.25, 0.3) is 0 Å². The third-order valence-electron chi connectivity index (χ3n) is 4.97. The SMILES string of the molecule is CC(C)N1CCC(N(C)c2cncc(SCc3ccccc3)n2)CC1. The quantitative estimate of drug-likeness (QED) is 0.728. The normalized spacial score (nSPS) is 16.3. The van der Waals surface area contributed by atoms with Gasteiger partial charge in [-0.15, -0.1) is 11.8 Å². The zero-order valence-corrected chi connectivity index (χ0v) is 16.2. The number of piperidine rings is 1. The van der Waals surface area contributed by atoms with E-state index in [0.717, 1.165) is 16.6 Å². The molecule has 0 atom stereocenters. The first-order valence-electron chi connectivity index (χ1n) is 9.09. The molecule has 25 heavy (non-hydrogen) atoms. The Bertz CT molecular complexity index is 654. The molecule has 2 heterocycles. The van der Waals surface area contributed by atoms with Crippen molar-refractivity contribution in [2.24, 2.45) is 0 Å². The lowest BCUT2D eigenvalue weighted by atomic mass is 10.0. The Morgan fingerprint density at radius 1 is 1.16 bits per heavy atom. The number of benzene rings is 1. The highest BCUT2D eigenvalue weighted by Gasteiger charge is 2.24. The summed E-state index contributed by atoms with van der Waals surface area (Å²) < 4.78 is 0. The second-order valence-corrected chi connectivity index (χ2v) is 7.96. The van der Waals surface area contributed by atoms with Gasteiger partial charge >= 0.3 is 0 Å². The molecule has 1 aliphatic rings. The number of likely N-dealkylation sites (tertiary alicyclic amines) is 1. The molecular weight excluding hydrogens is 328 g/mol. The summed E-state index contributed by atoms with van der Waals surface area (Å²) in [4.78, 5) is 14.1. The van der Waals surface area contributed by atoms with Crippen LogP contribution in [-0.2, 0) is 5.75 Å². The van der Waals surface area contributed by atoms with E-state index in [1.807, 2.05) is 18.5 Å². The molecule has 4 nitrogen and oxygen atoms in total. The van der Waals surface area contributed by atoms with E-state index < -0.39 is 0 Å². The Morgan fingerprint density at radius 2 is 1.88 bits per heavy atom. The van der Waals surface area contributed by atoms with Crippen molar-refractivity contribution < 1.29 is 0 Å². The molecule has 0 radical (unpaired) electrons. The summed E-state index contributed by atoms with van der Waals surface area (Å²) >= 11 is 1.75. The van der Waals surface area contributed by atoms with Crippen LogP contribution in [0.15, 0.2) is 47.8 Å². The van der Waals surface area contributed by atoms with E-state index in [-0.39, 0.29) is 0 Å². The van der Waals surface area contributed by atoms with E-state index in [1.54, 1.807) is 11.8 Å². The van der Waals surface area contributed by atoms with Crippen LogP contribution in [0.1, 0.15) is 32.3 Å². The molecule has 0 amide bonds. The van der Waals surface area contributed by atoms with Crippen LogP contribution in [0.4, 0.5) is 5.82 Å². The molecule has 1 fully saturated rings. The van der Waals surface area contributed by atoms with Crippen molar-refractivity contribution in [1.82, 2.24) is 14.9 Å². The maximum Gasteiger partial charge on any atom is 0.148 e. The highest BCUT2D eigenvalue weighted by atomic mass is 32.2. The molecule has 0 saturated carbocycles. The summed E-state index contributed by atoms with van der Waals surface area (Å²) in [6.07, 6.45) is 6.14. The summed E-state index contributed by atoms with van der Waals surface area (Å²) in [6.45, 7) is 6.90. The van der Waals surface area contributed by atoms with Gasteiger partial charge in [0.15, 0.2) is 0 Å². The van der Waals surface area contributed by atoms with Gasteiger partial charge in [-0.2, -0.15) is 0 Å². The summed E-state index contributed by atoms with van der Waals surface area (Å²) in [7, 11) is 2.16. The van der Waals surface area contributed by atoms with Crippen molar-refractivity contribution >= 4 is 17.6 Å². The fraction of sp³-hybridized carbons (Fsp3) is 0.500. The minimum absolute atomic E-state index is 0.554. The summed E-state index contributed by atoms with van der Waals surface area (Å²) in [5, 5.41) is 0.993. The van der Waals surface area contributed by atoms with Crippen molar-refractivity contribution in [1.29, 1.82) is 0 Å². The maximum atomic E-state index is 4.83. The Labute approximate surface area is 155 Å². The molecule has 5 heteroatoms. The van der Waals surface area contributed by atoms with E-state index in [2.05, 4.69) is 59.9 Å². The van der Waals surface area contributed by atoms with Gasteiger partial charge in [0, 0.05) is 38.0 Å². The number of aromatic nitrogens is 2. The fourth-order valence-electron chi connectivity index (χ4n) is 3.29. The first-order chi connectivity index (χ1) is 12.1. The van der Waals surface area contributed by atoms with Crippen LogP contribution in [0, 0.1) is 0 Å². The smallest absolute Gasteiger partial charge is 0.148 e. The van der Waals surface area contributed by atoms with Crippen LogP contribution in [0.25, 0.3) is 0 Å². The maximum absolute atomic E-state index is 4.83. The van der Waals surface area contributed by atoms with Crippen molar-refractivity contribution in [3.63, 3.8) is 0 Å². The van der Waals surface area contributed by atoms with Gasteiger partial charge < -0.3 is 9.80 Å². The van der Waals surface area contributed by atoms with Gasteiger partial charge in [0.1, 0.15) is 10.8 Å². The van der Waals surface area contributed by atoms with E-state index in [0.29, 0.717) is 12.1 Å². The average Bonchev–Trinajstić information content (AvgIpc) is 2.67. The molecule has 0 spiro atoms. The average molecular weight is 357 g/mol. The Kier molecular flexibility index (Phi) is 6.32. The van der Waals surface area contributed by atoms with Crippen LogP contribution in [-0.4, -0.2) is 47.1 Å². The van der Waals surface area contributed by atoms with Crippen molar-refractivity contribution in [3.05, 3.63) is 48.3 Å². The van der Waals surface area contributed by atoms with Crippen molar-refractivity contribution in [2.75, 3.05) is 25.0 Å². The van der Waals surface area contributed by atoms with Crippen LogP contribution in [0.3, 0.4) is 0 Å². The summed E-state index contributed by atoms with van der Waals surface area (Å²) in [5.41, 5.74) is 1.31. The highest BCUT2D eigenvalue weighted by Crippen LogP contribution is 2.25. The fourth-order valence-corrected chi connectivity index (χ4v) is 4.09. The van der Waals surface area contributed by atoms with Crippen LogP contribution >= 0.6 is 11.8 Å². The molecule has 0 aliphatic carbocycles. The molecule has 0 N–H and O–H groups in total. The second-order valence-electron chi connectivity index (χ2n) is 6.96. The molecule has 1 saturated heterocycles. The first kappa shape index (κ1) is 18.2. The van der Waals surface area contributed by atoms with Crippen LogP contribution < -0.4 is 4.90 Å². The zero-order valence-electron chi connectivity index (χ0n) is 15.4. The number of hydrogen-bond acceptors (Lipinski definition) is 5. The van der Waals surface area contributed by atoms with Gasteiger partial charge in [-0.25, -0.2) is 4.98 Å². The first-order valence-corrected chi connectivity index (χ1v) is 10.1. The van der Waals surface area contributed by atoms with Gasteiger partial charge in [-0.05, 0) is 32.3 Å². The van der Waals surface area contributed by atoms with Crippen molar-refractivity contribution in [2.45, 2.75) is 49.6 Å². The lowest BCUT2D eigenvalue weighted by molar-refractivity contribution is 0.171. The van der Waals surface area contributed by atoms with Gasteiger partial charge in [-0.3, -0.25) is 4.98 Å². The third-order valence-corrected chi connectivity index (χ3v) is 5.94. The van der Waals surface area contributed by atoms with E-state index in [1.165, 1.54) is 31.5 Å². The molecule has 1 aliphatic heterocycles. The van der Waals surface area contributed by atoms with E-state index >= 15 is 0 Å². The van der Waals surface area contributed by atoms with Gasteiger partial charge in [0.2, 0.25) is 0 Å². The Morgan fingerprint density at radius 3 is 2.56 bits per heavy atom. The predicted octanol–water partition coefficient (Wildman–Crippen LogP) is 4.08. The van der Waals surface area contributed by atoms with Gasteiger partial charge in [-0.1, -0.05) is 30.3 Å². The number of anilines is 1. The van der Waals surface area contributed by atoms with E-state index in [4.69, 9.17) is 4.98 Å². The summed E-state index contributed by atoms with van der Waals surface area (Å²) in [5.74, 6) is 1.91. The highest BCUT2D eigenvalue weighted by molar-refractivity contribution is 7.98.